The van der Waals surface area contributed by atoms with Crippen LogP contribution in [0.1, 0.15) is 18.2 Å². The van der Waals surface area contributed by atoms with Gasteiger partial charge in [-0.25, -0.2) is 19.4 Å². The SMILES string of the molecule is C/C(=N/OCC(=O)O)c1cnc2nnn(Cc3ccc4ncccc4c3)c2n1. The van der Waals surface area contributed by atoms with Gasteiger partial charge in [-0.2, -0.15) is 0 Å². The molecule has 0 aliphatic rings. The third-order valence-electron chi connectivity index (χ3n) is 3.99. The second-order valence-electron chi connectivity index (χ2n) is 6.02. The van der Waals surface area contributed by atoms with Crippen LogP contribution < -0.4 is 0 Å². The second-order valence-corrected chi connectivity index (χ2v) is 6.02. The number of benzene rings is 1. The lowest BCUT2D eigenvalue weighted by Crippen LogP contribution is -2.08. The van der Waals surface area contributed by atoms with Gasteiger partial charge in [-0.1, -0.05) is 22.5 Å². The summed E-state index contributed by atoms with van der Waals surface area (Å²) in [5, 5.41) is 21.6. The molecule has 0 saturated carbocycles. The first-order valence-electron chi connectivity index (χ1n) is 8.39. The molecule has 0 unspecified atom stereocenters. The average molecular weight is 377 g/mol. The average Bonchev–Trinajstić information content (AvgIpc) is 3.09. The van der Waals surface area contributed by atoms with Crippen molar-refractivity contribution in [3.05, 3.63) is 54.0 Å². The van der Waals surface area contributed by atoms with Crippen LogP contribution in [0.3, 0.4) is 0 Å². The van der Waals surface area contributed by atoms with Gasteiger partial charge < -0.3 is 9.94 Å². The van der Waals surface area contributed by atoms with Crippen LogP contribution in [-0.4, -0.2) is 53.3 Å². The van der Waals surface area contributed by atoms with Crippen LogP contribution in [-0.2, 0) is 16.2 Å². The number of fused-ring (bicyclic) bond motifs is 2. The van der Waals surface area contributed by atoms with Gasteiger partial charge in [0.15, 0.2) is 5.65 Å². The molecule has 0 fully saturated rings. The number of carboxylic acids is 1. The minimum atomic E-state index is -1.11. The van der Waals surface area contributed by atoms with E-state index in [1.54, 1.807) is 17.8 Å². The van der Waals surface area contributed by atoms with Gasteiger partial charge in [-0.3, -0.25) is 4.98 Å². The van der Waals surface area contributed by atoms with E-state index in [2.05, 4.69) is 30.4 Å². The standard InChI is InChI=1S/C18H15N7O3/c1-11(23-28-10-16(26)27)15-8-20-17-18(21-15)25(24-22-17)9-12-4-5-14-13(7-12)3-2-6-19-14/h2-8H,9-10H2,1H3,(H,26,27)/b23-11-. The van der Waals surface area contributed by atoms with Crippen molar-refractivity contribution >= 4 is 33.9 Å². The molecule has 0 bridgehead atoms. The molecule has 3 heterocycles. The van der Waals surface area contributed by atoms with Crippen molar-refractivity contribution in [1.29, 1.82) is 0 Å². The maximum absolute atomic E-state index is 10.5. The van der Waals surface area contributed by atoms with E-state index in [9.17, 15) is 4.79 Å². The zero-order valence-electron chi connectivity index (χ0n) is 14.8. The van der Waals surface area contributed by atoms with E-state index < -0.39 is 12.6 Å². The van der Waals surface area contributed by atoms with Crippen molar-refractivity contribution in [3.8, 4) is 0 Å². The molecule has 0 aliphatic heterocycles. The molecule has 0 saturated heterocycles. The molecule has 1 aromatic carbocycles. The van der Waals surface area contributed by atoms with Crippen molar-refractivity contribution in [2.45, 2.75) is 13.5 Å². The van der Waals surface area contributed by atoms with Crippen molar-refractivity contribution in [2.24, 2.45) is 5.16 Å². The molecule has 1 N–H and O–H groups in total. The normalized spacial score (nSPS) is 11.8. The number of pyridine rings is 1. The summed E-state index contributed by atoms with van der Waals surface area (Å²) < 4.78 is 1.65. The predicted molar refractivity (Wildman–Crippen MR) is 99.8 cm³/mol. The van der Waals surface area contributed by atoms with Gasteiger partial charge in [0.1, 0.15) is 11.4 Å². The maximum Gasteiger partial charge on any atom is 0.344 e. The molecule has 0 amide bonds. The van der Waals surface area contributed by atoms with Crippen molar-refractivity contribution in [2.75, 3.05) is 6.61 Å². The highest BCUT2D eigenvalue weighted by atomic mass is 16.6. The highest BCUT2D eigenvalue weighted by Crippen LogP contribution is 2.15. The monoisotopic (exact) mass is 377 g/mol. The minimum Gasteiger partial charge on any atom is -0.479 e. The Balaban J connectivity index is 1.62. The topological polar surface area (TPSA) is 128 Å². The number of carboxylic acid groups (broad SMARTS) is 1. The molecule has 28 heavy (non-hydrogen) atoms. The summed E-state index contributed by atoms with van der Waals surface area (Å²) in [7, 11) is 0. The summed E-state index contributed by atoms with van der Waals surface area (Å²) in [5.41, 5.74) is 3.70. The van der Waals surface area contributed by atoms with Crippen LogP contribution in [0, 0.1) is 0 Å². The number of hydrogen-bond donors (Lipinski definition) is 1. The van der Waals surface area contributed by atoms with Crippen LogP contribution >= 0.6 is 0 Å². The lowest BCUT2D eigenvalue weighted by Gasteiger charge is -2.05. The number of oxime groups is 1. The zero-order valence-corrected chi connectivity index (χ0v) is 14.8. The summed E-state index contributed by atoms with van der Waals surface area (Å²) in [6.45, 7) is 1.59. The van der Waals surface area contributed by atoms with Crippen LogP contribution in [0.2, 0.25) is 0 Å². The maximum atomic E-state index is 10.5. The highest BCUT2D eigenvalue weighted by Gasteiger charge is 2.11. The van der Waals surface area contributed by atoms with Gasteiger partial charge in [0.05, 0.1) is 18.3 Å². The molecule has 140 valence electrons. The van der Waals surface area contributed by atoms with Crippen LogP contribution in [0.15, 0.2) is 47.9 Å². The Hall–Kier alpha value is -3.95. The van der Waals surface area contributed by atoms with Gasteiger partial charge in [0, 0.05) is 11.6 Å². The van der Waals surface area contributed by atoms with Crippen molar-refractivity contribution in [1.82, 2.24) is 29.9 Å². The first kappa shape index (κ1) is 17.5. The molecule has 0 spiro atoms. The number of rotatable bonds is 6. The molecular weight excluding hydrogens is 362 g/mol. The van der Waals surface area contributed by atoms with E-state index in [-0.39, 0.29) is 0 Å². The number of carbonyl (C=O) groups is 1. The molecule has 0 aliphatic carbocycles. The highest BCUT2D eigenvalue weighted by molar-refractivity contribution is 5.97. The Morgan fingerprint density at radius 2 is 2.18 bits per heavy atom. The zero-order chi connectivity index (χ0) is 19.5. The molecular formula is C18H15N7O3. The Labute approximate surface area is 158 Å². The van der Waals surface area contributed by atoms with Crippen LogP contribution in [0.25, 0.3) is 22.2 Å². The Morgan fingerprint density at radius 1 is 1.29 bits per heavy atom. The predicted octanol–water partition coefficient (Wildman–Crippen LogP) is 1.64. The summed E-state index contributed by atoms with van der Waals surface area (Å²) in [6.07, 6.45) is 3.25. The van der Waals surface area contributed by atoms with E-state index in [0.717, 1.165) is 16.5 Å². The molecule has 10 heteroatoms. The van der Waals surface area contributed by atoms with Crippen LogP contribution in [0.5, 0.6) is 0 Å². The van der Waals surface area contributed by atoms with Crippen molar-refractivity contribution in [3.63, 3.8) is 0 Å². The number of aliphatic carboxylic acids is 1. The second kappa shape index (κ2) is 7.35. The van der Waals surface area contributed by atoms with E-state index >= 15 is 0 Å². The fraction of sp³-hybridized carbons (Fsp3) is 0.167. The molecule has 0 radical (unpaired) electrons. The lowest BCUT2D eigenvalue weighted by atomic mass is 10.1. The number of hydrogen-bond acceptors (Lipinski definition) is 8. The molecule has 4 rings (SSSR count). The minimum absolute atomic E-state index is 0.403. The molecule has 0 atom stereocenters. The van der Waals surface area contributed by atoms with Gasteiger partial charge in [0.25, 0.3) is 0 Å². The first-order chi connectivity index (χ1) is 13.6. The summed E-state index contributed by atoms with van der Waals surface area (Å²) >= 11 is 0. The lowest BCUT2D eigenvalue weighted by molar-refractivity contribution is -0.142. The Kier molecular flexibility index (Phi) is 4.58. The van der Waals surface area contributed by atoms with Gasteiger partial charge in [-0.05, 0) is 30.7 Å². The van der Waals surface area contributed by atoms with E-state index in [0.29, 0.717) is 29.2 Å². The Bertz CT molecular complexity index is 1200. The van der Waals surface area contributed by atoms with Gasteiger partial charge in [0.2, 0.25) is 12.3 Å². The summed E-state index contributed by atoms with van der Waals surface area (Å²) in [4.78, 5) is 28.3. The molecule has 4 aromatic rings. The number of aromatic nitrogens is 6. The third kappa shape index (κ3) is 3.61. The van der Waals surface area contributed by atoms with Crippen LogP contribution in [0.4, 0.5) is 0 Å². The fourth-order valence-corrected chi connectivity index (χ4v) is 2.66. The van der Waals surface area contributed by atoms with E-state index in [1.807, 2.05) is 30.3 Å². The largest absolute Gasteiger partial charge is 0.479 e. The van der Waals surface area contributed by atoms with Gasteiger partial charge in [-0.15, -0.1) is 5.10 Å². The van der Waals surface area contributed by atoms with E-state index in [4.69, 9.17) is 9.94 Å². The summed E-state index contributed by atoms with van der Waals surface area (Å²) in [5.74, 6) is -1.11. The Morgan fingerprint density at radius 3 is 3.04 bits per heavy atom. The molecule has 10 nitrogen and oxygen atoms in total. The summed E-state index contributed by atoms with van der Waals surface area (Å²) in [6, 6.07) is 9.87. The fourth-order valence-electron chi connectivity index (χ4n) is 2.66. The smallest absolute Gasteiger partial charge is 0.344 e. The van der Waals surface area contributed by atoms with Crippen molar-refractivity contribution < 1.29 is 14.7 Å². The first-order valence-corrected chi connectivity index (χ1v) is 8.39. The third-order valence-corrected chi connectivity index (χ3v) is 3.99. The quantitative estimate of drug-likeness (QED) is 0.397. The van der Waals surface area contributed by atoms with Gasteiger partial charge >= 0.3 is 5.97 Å². The molecule has 3 aromatic heterocycles. The van der Waals surface area contributed by atoms with E-state index in [1.165, 1.54) is 6.20 Å². The number of nitrogens with zero attached hydrogens (tertiary/aromatic N) is 7.